The number of aliphatic hydroxyl groups excluding tert-OH is 1. The third-order valence-corrected chi connectivity index (χ3v) is 2.99. The van der Waals surface area contributed by atoms with Gasteiger partial charge in [0.15, 0.2) is 0 Å². The Morgan fingerprint density at radius 1 is 1.35 bits per heavy atom. The van der Waals surface area contributed by atoms with Gasteiger partial charge in [-0.1, -0.05) is 12.1 Å². The molecule has 1 saturated heterocycles. The van der Waals surface area contributed by atoms with E-state index in [1.165, 1.54) is 0 Å². The number of hydrogen-bond donors (Lipinski definition) is 3. The van der Waals surface area contributed by atoms with E-state index in [0.717, 1.165) is 5.56 Å². The van der Waals surface area contributed by atoms with Crippen LogP contribution in [0.1, 0.15) is 12.0 Å². The molecule has 0 aromatic heterocycles. The molecule has 1 aromatic carbocycles. The third-order valence-electron chi connectivity index (χ3n) is 2.99. The summed E-state index contributed by atoms with van der Waals surface area (Å²) < 4.78 is 0. The number of aromatic hydroxyl groups is 1. The summed E-state index contributed by atoms with van der Waals surface area (Å²) in [7, 11) is 0. The molecule has 2 unspecified atom stereocenters. The molecule has 1 heterocycles. The van der Waals surface area contributed by atoms with Crippen LogP contribution in [0, 0.1) is 0 Å². The highest BCUT2D eigenvalue weighted by molar-refractivity contribution is 5.74. The van der Waals surface area contributed by atoms with E-state index in [9.17, 15) is 9.90 Å². The summed E-state index contributed by atoms with van der Waals surface area (Å²) in [5, 5.41) is 27.7. The molecule has 0 aliphatic carbocycles. The minimum Gasteiger partial charge on any atom is -0.508 e. The molecule has 5 nitrogen and oxygen atoms in total. The van der Waals surface area contributed by atoms with E-state index in [-0.39, 0.29) is 12.2 Å². The van der Waals surface area contributed by atoms with Crippen LogP contribution in [-0.4, -0.2) is 44.9 Å². The third kappa shape index (κ3) is 2.75. The number of likely N-dealkylation sites (tertiary alicyclic amines) is 1. The zero-order valence-electron chi connectivity index (χ0n) is 9.28. The second kappa shape index (κ2) is 4.73. The summed E-state index contributed by atoms with van der Waals surface area (Å²) in [6.45, 7) is 0.839. The maximum atomic E-state index is 11.0. The lowest BCUT2D eigenvalue weighted by Gasteiger charge is -2.20. The fraction of sp³-hybridized carbons (Fsp3) is 0.417. The number of benzene rings is 1. The first-order valence-electron chi connectivity index (χ1n) is 5.49. The van der Waals surface area contributed by atoms with E-state index in [2.05, 4.69) is 0 Å². The minimum absolute atomic E-state index is 0.185. The summed E-state index contributed by atoms with van der Waals surface area (Å²) >= 11 is 0. The molecule has 0 amide bonds. The lowest BCUT2D eigenvalue weighted by atomic mass is 10.1. The van der Waals surface area contributed by atoms with Crippen molar-refractivity contribution in [2.45, 2.75) is 25.1 Å². The minimum atomic E-state index is -0.902. The summed E-state index contributed by atoms with van der Waals surface area (Å²) in [6, 6.07) is 6.01. The zero-order valence-corrected chi connectivity index (χ0v) is 9.28. The van der Waals surface area contributed by atoms with Crippen LogP contribution in [0.2, 0.25) is 0 Å². The van der Waals surface area contributed by atoms with E-state index >= 15 is 0 Å². The Balaban J connectivity index is 2.07. The Morgan fingerprint density at radius 3 is 2.59 bits per heavy atom. The van der Waals surface area contributed by atoms with Crippen molar-refractivity contribution in [2.24, 2.45) is 0 Å². The van der Waals surface area contributed by atoms with Crippen LogP contribution in [0.5, 0.6) is 5.75 Å². The number of aliphatic carboxylic acids is 1. The van der Waals surface area contributed by atoms with Crippen LogP contribution in [0.15, 0.2) is 24.3 Å². The molecular weight excluding hydrogens is 222 g/mol. The molecule has 1 aromatic rings. The van der Waals surface area contributed by atoms with E-state index in [0.29, 0.717) is 13.1 Å². The number of nitrogens with zero attached hydrogens (tertiary/aromatic N) is 1. The average molecular weight is 237 g/mol. The Bertz CT molecular complexity index is 403. The van der Waals surface area contributed by atoms with Gasteiger partial charge in [-0.2, -0.15) is 0 Å². The number of carboxylic acid groups (broad SMARTS) is 1. The number of hydrogen-bond acceptors (Lipinski definition) is 4. The smallest absolute Gasteiger partial charge is 0.321 e. The van der Waals surface area contributed by atoms with E-state index < -0.39 is 18.1 Å². The molecule has 0 saturated carbocycles. The summed E-state index contributed by atoms with van der Waals surface area (Å²) in [5.41, 5.74) is 0.920. The highest BCUT2D eigenvalue weighted by atomic mass is 16.4. The van der Waals surface area contributed by atoms with Crippen LogP contribution >= 0.6 is 0 Å². The van der Waals surface area contributed by atoms with Gasteiger partial charge in [0.1, 0.15) is 11.8 Å². The Hall–Kier alpha value is -1.59. The van der Waals surface area contributed by atoms with Gasteiger partial charge in [-0.05, 0) is 17.7 Å². The van der Waals surface area contributed by atoms with E-state index in [4.69, 9.17) is 10.2 Å². The van der Waals surface area contributed by atoms with Gasteiger partial charge < -0.3 is 15.3 Å². The Labute approximate surface area is 98.9 Å². The SMILES string of the molecule is O=C(O)C1CC(O)CN1Cc1ccc(O)cc1. The van der Waals surface area contributed by atoms with Gasteiger partial charge in [0.2, 0.25) is 0 Å². The first-order chi connectivity index (χ1) is 8.06. The van der Waals surface area contributed by atoms with Gasteiger partial charge >= 0.3 is 5.97 Å². The number of β-amino-alcohol motifs (C(OH)–C–C–N with tert-alkyl or cyclic N) is 1. The molecule has 1 fully saturated rings. The van der Waals surface area contributed by atoms with Crippen molar-refractivity contribution < 1.29 is 20.1 Å². The number of phenols is 1. The Kier molecular flexibility index (Phi) is 3.31. The van der Waals surface area contributed by atoms with Crippen molar-refractivity contribution in [2.75, 3.05) is 6.54 Å². The summed E-state index contributed by atoms with van der Waals surface area (Å²) in [6.07, 6.45) is -0.304. The quantitative estimate of drug-likeness (QED) is 0.709. The van der Waals surface area contributed by atoms with E-state index in [1.54, 1.807) is 29.2 Å². The highest BCUT2D eigenvalue weighted by Crippen LogP contribution is 2.21. The zero-order chi connectivity index (χ0) is 12.4. The lowest BCUT2D eigenvalue weighted by Crippen LogP contribution is -2.35. The predicted octanol–water partition coefficient (Wildman–Crippen LogP) is 0.412. The molecule has 3 N–H and O–H groups in total. The monoisotopic (exact) mass is 237 g/mol. The highest BCUT2D eigenvalue weighted by Gasteiger charge is 2.35. The van der Waals surface area contributed by atoms with Crippen LogP contribution in [0.3, 0.4) is 0 Å². The number of rotatable bonds is 3. The van der Waals surface area contributed by atoms with Crippen molar-refractivity contribution in [3.63, 3.8) is 0 Å². The molecule has 1 aliphatic heterocycles. The van der Waals surface area contributed by atoms with Gasteiger partial charge in [-0.3, -0.25) is 9.69 Å². The Morgan fingerprint density at radius 2 is 2.00 bits per heavy atom. The molecule has 0 radical (unpaired) electrons. The number of carboxylic acids is 1. The van der Waals surface area contributed by atoms with E-state index in [1.807, 2.05) is 0 Å². The maximum absolute atomic E-state index is 11.0. The molecule has 0 bridgehead atoms. The first kappa shape index (κ1) is 11.9. The standard InChI is InChI=1S/C12H15NO4/c14-9-3-1-8(2-4-9)6-13-7-10(15)5-11(13)12(16)17/h1-4,10-11,14-15H,5-7H2,(H,16,17). The number of phenolic OH excluding ortho intramolecular Hbond substituents is 1. The van der Waals surface area contributed by atoms with Gasteiger partial charge in [-0.25, -0.2) is 0 Å². The molecule has 92 valence electrons. The fourth-order valence-corrected chi connectivity index (χ4v) is 2.15. The van der Waals surface area contributed by atoms with Crippen LogP contribution in [-0.2, 0) is 11.3 Å². The van der Waals surface area contributed by atoms with Gasteiger partial charge in [0, 0.05) is 19.5 Å². The number of aliphatic hydroxyl groups is 1. The molecule has 17 heavy (non-hydrogen) atoms. The summed E-state index contributed by atoms with van der Waals surface area (Å²) in [5.74, 6) is -0.717. The second-order valence-corrected chi connectivity index (χ2v) is 4.34. The molecule has 0 spiro atoms. The summed E-state index contributed by atoms with van der Waals surface area (Å²) in [4.78, 5) is 12.7. The first-order valence-corrected chi connectivity index (χ1v) is 5.49. The lowest BCUT2D eigenvalue weighted by molar-refractivity contribution is -0.142. The molecular formula is C12H15NO4. The van der Waals surface area contributed by atoms with Crippen molar-refractivity contribution in [3.05, 3.63) is 29.8 Å². The van der Waals surface area contributed by atoms with Gasteiger partial charge in [0.05, 0.1) is 6.10 Å². The normalized spacial score (nSPS) is 25.0. The largest absolute Gasteiger partial charge is 0.508 e. The van der Waals surface area contributed by atoms with Crippen LogP contribution in [0.25, 0.3) is 0 Å². The van der Waals surface area contributed by atoms with Crippen molar-refractivity contribution in [1.29, 1.82) is 0 Å². The fourth-order valence-electron chi connectivity index (χ4n) is 2.15. The van der Waals surface area contributed by atoms with Crippen LogP contribution < -0.4 is 0 Å². The molecule has 5 heteroatoms. The van der Waals surface area contributed by atoms with Crippen molar-refractivity contribution in [3.8, 4) is 5.75 Å². The van der Waals surface area contributed by atoms with Crippen molar-refractivity contribution >= 4 is 5.97 Å². The van der Waals surface area contributed by atoms with Gasteiger partial charge in [0.25, 0.3) is 0 Å². The van der Waals surface area contributed by atoms with Crippen LogP contribution in [0.4, 0.5) is 0 Å². The maximum Gasteiger partial charge on any atom is 0.321 e. The molecule has 2 atom stereocenters. The number of carbonyl (C=O) groups is 1. The average Bonchev–Trinajstić information content (AvgIpc) is 2.63. The topological polar surface area (TPSA) is 81.0 Å². The van der Waals surface area contributed by atoms with Gasteiger partial charge in [-0.15, -0.1) is 0 Å². The second-order valence-electron chi connectivity index (χ2n) is 4.34. The predicted molar refractivity (Wildman–Crippen MR) is 60.6 cm³/mol. The van der Waals surface area contributed by atoms with Crippen molar-refractivity contribution in [1.82, 2.24) is 4.90 Å². The molecule has 2 rings (SSSR count). The molecule has 1 aliphatic rings.